The van der Waals surface area contributed by atoms with Gasteiger partial charge in [0.2, 0.25) is 0 Å². The Balaban J connectivity index is 1.58. The summed E-state index contributed by atoms with van der Waals surface area (Å²) < 4.78 is 21.2. The molecule has 1 fully saturated rings. The van der Waals surface area contributed by atoms with E-state index in [4.69, 9.17) is 9.84 Å². The number of aryl methyl sites for hydroxylation is 1. The summed E-state index contributed by atoms with van der Waals surface area (Å²) in [5, 5.41) is 11.0. The number of carbonyl (C=O) groups is 1. The predicted molar refractivity (Wildman–Crippen MR) is 117 cm³/mol. The fraction of sp³-hybridized carbons (Fsp3) is 0.304. The van der Waals surface area contributed by atoms with Gasteiger partial charge in [-0.25, -0.2) is 13.9 Å². The van der Waals surface area contributed by atoms with Crippen molar-refractivity contribution in [2.24, 2.45) is 0 Å². The highest BCUT2D eigenvalue weighted by Gasteiger charge is 2.19. The Hall–Kier alpha value is -3.39. The summed E-state index contributed by atoms with van der Waals surface area (Å²) in [4.78, 5) is 13.5. The number of benzene rings is 2. The van der Waals surface area contributed by atoms with Crippen molar-refractivity contribution in [3.63, 3.8) is 0 Å². The van der Waals surface area contributed by atoms with Crippen molar-refractivity contribution in [3.8, 4) is 22.7 Å². The molecule has 3 aromatic rings. The van der Waals surface area contributed by atoms with Crippen LogP contribution < -0.4 is 15.4 Å². The fourth-order valence-electron chi connectivity index (χ4n) is 3.70. The van der Waals surface area contributed by atoms with Gasteiger partial charge >= 0.3 is 6.03 Å². The summed E-state index contributed by atoms with van der Waals surface area (Å²) in [5.41, 5.74) is 4.39. The maximum absolute atomic E-state index is 14.4. The predicted octanol–water partition coefficient (Wildman–Crippen LogP) is 3.11. The Labute approximate surface area is 180 Å². The molecule has 162 valence electrons. The Morgan fingerprint density at radius 1 is 1.26 bits per heavy atom. The molecular formula is C23H26FN5O2. The second-order valence-corrected chi connectivity index (χ2v) is 7.48. The molecule has 0 unspecified atom stereocenters. The summed E-state index contributed by atoms with van der Waals surface area (Å²) in [6, 6.07) is 12.8. The third-order valence-electron chi connectivity index (χ3n) is 5.40. The molecule has 0 bridgehead atoms. The van der Waals surface area contributed by atoms with Gasteiger partial charge in [0.25, 0.3) is 0 Å². The number of hydrogen-bond acceptors (Lipinski definition) is 4. The molecule has 4 rings (SSSR count). The van der Waals surface area contributed by atoms with Crippen molar-refractivity contribution in [2.45, 2.75) is 13.5 Å². The molecule has 7 nitrogen and oxygen atoms in total. The first-order chi connectivity index (χ1) is 15.1. The molecule has 0 saturated carbocycles. The van der Waals surface area contributed by atoms with Crippen LogP contribution in [0.2, 0.25) is 0 Å². The second-order valence-electron chi connectivity index (χ2n) is 7.48. The molecule has 31 heavy (non-hydrogen) atoms. The Morgan fingerprint density at radius 3 is 2.81 bits per heavy atom. The molecule has 0 spiro atoms. The molecule has 1 aliphatic rings. The highest BCUT2D eigenvalue weighted by atomic mass is 19.1. The molecule has 1 aliphatic heterocycles. The van der Waals surface area contributed by atoms with Crippen LogP contribution in [0.1, 0.15) is 11.1 Å². The van der Waals surface area contributed by atoms with Gasteiger partial charge in [-0.1, -0.05) is 18.2 Å². The fourth-order valence-corrected chi connectivity index (χ4v) is 3.70. The molecule has 2 heterocycles. The number of nitrogens with zero attached hydrogens (tertiary/aromatic N) is 3. The minimum atomic E-state index is -0.426. The van der Waals surface area contributed by atoms with Crippen molar-refractivity contribution in [3.05, 3.63) is 65.6 Å². The van der Waals surface area contributed by atoms with Gasteiger partial charge in [-0.05, 0) is 36.8 Å². The number of ether oxygens (including phenoxy) is 1. The van der Waals surface area contributed by atoms with E-state index in [-0.39, 0.29) is 11.8 Å². The van der Waals surface area contributed by atoms with Gasteiger partial charge in [0.1, 0.15) is 0 Å². The first-order valence-corrected chi connectivity index (χ1v) is 10.3. The summed E-state index contributed by atoms with van der Waals surface area (Å²) in [7, 11) is 1.45. The van der Waals surface area contributed by atoms with E-state index in [1.807, 2.05) is 48.1 Å². The normalized spacial score (nSPS) is 13.5. The van der Waals surface area contributed by atoms with E-state index in [0.717, 1.165) is 23.4 Å². The summed E-state index contributed by atoms with van der Waals surface area (Å²) in [5.74, 6) is -0.227. The lowest BCUT2D eigenvalue weighted by Crippen LogP contribution is -2.34. The van der Waals surface area contributed by atoms with Crippen molar-refractivity contribution in [1.82, 2.24) is 25.3 Å². The minimum Gasteiger partial charge on any atom is -0.494 e. The highest BCUT2D eigenvalue weighted by Crippen LogP contribution is 2.28. The standard InChI is InChI=1S/C23H26FN5O2/c1-16-5-3-4-6-20(16)29-15-18(14-25-9-11-28-12-10-26-23(28)30)22(27-29)17-7-8-21(31-2)19(24)13-17/h3-8,13,15,25H,9-12,14H2,1-2H3,(H,26,30). The Kier molecular flexibility index (Phi) is 6.18. The molecule has 0 atom stereocenters. The monoisotopic (exact) mass is 423 g/mol. The van der Waals surface area contributed by atoms with Gasteiger partial charge in [-0.3, -0.25) is 0 Å². The SMILES string of the molecule is COc1ccc(-c2nn(-c3ccccc3C)cc2CNCCN2CCNC2=O)cc1F. The minimum absolute atomic E-state index is 0.0245. The maximum Gasteiger partial charge on any atom is 0.317 e. The summed E-state index contributed by atoms with van der Waals surface area (Å²) in [6.07, 6.45) is 1.97. The van der Waals surface area contributed by atoms with Crippen LogP contribution in [0.25, 0.3) is 16.9 Å². The molecule has 0 radical (unpaired) electrons. The van der Waals surface area contributed by atoms with E-state index >= 15 is 0 Å². The number of urea groups is 1. The zero-order valence-corrected chi connectivity index (χ0v) is 17.7. The van der Waals surface area contributed by atoms with Crippen LogP contribution in [0, 0.1) is 12.7 Å². The lowest BCUT2D eigenvalue weighted by atomic mass is 10.1. The number of hydrogen-bond donors (Lipinski definition) is 2. The zero-order chi connectivity index (χ0) is 21.8. The van der Waals surface area contributed by atoms with Crippen LogP contribution in [-0.2, 0) is 6.54 Å². The van der Waals surface area contributed by atoms with Crippen LogP contribution >= 0.6 is 0 Å². The Bertz CT molecular complexity index is 1080. The number of methoxy groups -OCH3 is 1. The lowest BCUT2D eigenvalue weighted by Gasteiger charge is -2.14. The largest absolute Gasteiger partial charge is 0.494 e. The van der Waals surface area contributed by atoms with E-state index in [1.165, 1.54) is 13.2 Å². The molecule has 2 amide bonds. The smallest absolute Gasteiger partial charge is 0.317 e. The van der Waals surface area contributed by atoms with Gasteiger partial charge < -0.3 is 20.3 Å². The van der Waals surface area contributed by atoms with Gasteiger partial charge in [-0.2, -0.15) is 5.10 Å². The number of amides is 2. The number of aromatic nitrogens is 2. The van der Waals surface area contributed by atoms with Gasteiger partial charge in [0.15, 0.2) is 11.6 Å². The van der Waals surface area contributed by atoms with Crippen LogP contribution in [0.15, 0.2) is 48.7 Å². The quantitative estimate of drug-likeness (QED) is 0.546. The number of carbonyl (C=O) groups excluding carboxylic acids is 1. The van der Waals surface area contributed by atoms with Crippen molar-refractivity contribution in [2.75, 3.05) is 33.3 Å². The first-order valence-electron chi connectivity index (χ1n) is 10.3. The van der Waals surface area contributed by atoms with Crippen LogP contribution in [0.5, 0.6) is 5.75 Å². The topological polar surface area (TPSA) is 71.4 Å². The highest BCUT2D eigenvalue weighted by molar-refractivity contribution is 5.76. The van der Waals surface area contributed by atoms with Crippen molar-refractivity contribution >= 4 is 6.03 Å². The first kappa shape index (κ1) is 20.9. The van der Waals surface area contributed by atoms with Crippen LogP contribution in [-0.4, -0.2) is 54.0 Å². The van der Waals surface area contributed by atoms with Gasteiger partial charge in [-0.15, -0.1) is 0 Å². The number of nitrogens with one attached hydrogen (secondary N) is 2. The van der Waals surface area contributed by atoms with Gasteiger partial charge in [0.05, 0.1) is 18.5 Å². The molecule has 2 aromatic carbocycles. The maximum atomic E-state index is 14.4. The second kappa shape index (κ2) is 9.18. The Morgan fingerprint density at radius 2 is 2.10 bits per heavy atom. The van der Waals surface area contributed by atoms with E-state index in [1.54, 1.807) is 11.0 Å². The van der Waals surface area contributed by atoms with Crippen LogP contribution in [0.3, 0.4) is 0 Å². The molecule has 1 aromatic heterocycles. The van der Waals surface area contributed by atoms with E-state index in [2.05, 4.69) is 10.6 Å². The summed E-state index contributed by atoms with van der Waals surface area (Å²) in [6.45, 7) is 5.27. The molecule has 1 saturated heterocycles. The molecule has 0 aliphatic carbocycles. The van der Waals surface area contributed by atoms with Gasteiger partial charge in [0, 0.05) is 50.0 Å². The van der Waals surface area contributed by atoms with E-state index < -0.39 is 5.82 Å². The summed E-state index contributed by atoms with van der Waals surface area (Å²) >= 11 is 0. The molecule has 2 N–H and O–H groups in total. The zero-order valence-electron chi connectivity index (χ0n) is 17.7. The average molecular weight is 423 g/mol. The number of halogens is 1. The van der Waals surface area contributed by atoms with Crippen molar-refractivity contribution < 1.29 is 13.9 Å². The third-order valence-corrected chi connectivity index (χ3v) is 5.40. The average Bonchev–Trinajstić information content (AvgIpc) is 3.37. The molecular weight excluding hydrogens is 397 g/mol. The van der Waals surface area contributed by atoms with Crippen molar-refractivity contribution in [1.29, 1.82) is 0 Å². The number of rotatable bonds is 8. The number of para-hydroxylation sites is 1. The molecule has 8 heteroatoms. The lowest BCUT2D eigenvalue weighted by molar-refractivity contribution is 0.217. The van der Waals surface area contributed by atoms with E-state index in [9.17, 15) is 9.18 Å². The third kappa shape index (κ3) is 4.54. The van der Waals surface area contributed by atoms with E-state index in [0.29, 0.717) is 37.4 Å². The van der Waals surface area contributed by atoms with Crippen LogP contribution in [0.4, 0.5) is 9.18 Å².